The van der Waals surface area contributed by atoms with Crippen LogP contribution in [-0.2, 0) is 19.9 Å². The first-order valence-corrected chi connectivity index (χ1v) is 16.5. The maximum absolute atomic E-state index is 13.1. The number of allylic oxidation sites excluding steroid dienone is 2. The van der Waals surface area contributed by atoms with Crippen LogP contribution in [0, 0.1) is 0 Å². The zero-order valence-electron chi connectivity index (χ0n) is 28.8. The molecule has 0 aromatic heterocycles. The number of carboxylic acids is 1. The normalized spacial score (nSPS) is 14.1. The van der Waals surface area contributed by atoms with E-state index in [4.69, 9.17) is 18.9 Å². The zero-order chi connectivity index (χ0) is 35.4. The first kappa shape index (κ1) is 36.5. The summed E-state index contributed by atoms with van der Waals surface area (Å²) in [6, 6.07) is 30.9. The fourth-order valence-corrected chi connectivity index (χ4v) is 6.25. The molecule has 1 amide bonds. The van der Waals surface area contributed by atoms with Crippen LogP contribution in [0.25, 0.3) is 5.57 Å². The number of carboxylic acid groups (broad SMARTS) is 1. The molecular weight excluding hydrogens is 618 g/mol. The van der Waals surface area contributed by atoms with Crippen LogP contribution >= 0.6 is 0 Å². The van der Waals surface area contributed by atoms with Crippen LogP contribution in [0.3, 0.4) is 0 Å². The summed E-state index contributed by atoms with van der Waals surface area (Å²) in [5.74, 6) is -0.147. The molecule has 0 radical (unpaired) electrons. The monoisotopic (exact) mass is 663 g/mol. The molecule has 2 atom stereocenters. The van der Waals surface area contributed by atoms with Crippen molar-refractivity contribution in [3.05, 3.63) is 149 Å². The van der Waals surface area contributed by atoms with Crippen LogP contribution in [0.5, 0.6) is 11.5 Å². The van der Waals surface area contributed by atoms with E-state index in [-0.39, 0.29) is 19.1 Å². The smallest absolute Gasteiger partial charge is 0.407 e. The highest BCUT2D eigenvalue weighted by atomic mass is 16.6. The highest BCUT2D eigenvalue weighted by Gasteiger charge is 2.40. The number of hydrogen-bond donors (Lipinski definition) is 2. The van der Waals surface area contributed by atoms with Crippen LogP contribution in [0.2, 0.25) is 0 Å². The number of aliphatic carboxylic acids is 1. The summed E-state index contributed by atoms with van der Waals surface area (Å²) in [4.78, 5) is 25.7. The number of nitrogens with one attached hydrogen (secondary N) is 1. The average molecular weight is 664 g/mol. The summed E-state index contributed by atoms with van der Waals surface area (Å²) in [6.45, 7) is 9.73. The van der Waals surface area contributed by atoms with Crippen molar-refractivity contribution in [2.45, 2.75) is 44.8 Å². The molecule has 4 aromatic rings. The molecule has 0 aliphatic heterocycles. The number of ether oxygens (including phenoxy) is 4. The second-order valence-corrected chi connectivity index (χ2v) is 11.1. The molecule has 0 saturated carbocycles. The molecule has 0 saturated heterocycles. The first-order chi connectivity index (χ1) is 23.9. The van der Waals surface area contributed by atoms with Crippen LogP contribution in [-0.4, -0.2) is 50.6 Å². The second-order valence-electron chi connectivity index (χ2n) is 11.1. The summed E-state index contributed by atoms with van der Waals surface area (Å²) >= 11 is 0. The van der Waals surface area contributed by atoms with E-state index in [1.807, 2.05) is 111 Å². The summed E-state index contributed by atoms with van der Waals surface area (Å²) in [6.07, 6.45) is 1.76. The van der Waals surface area contributed by atoms with E-state index in [1.165, 1.54) is 0 Å². The Bertz CT molecular complexity index is 1680. The van der Waals surface area contributed by atoms with Gasteiger partial charge in [0.15, 0.2) is 6.04 Å². The van der Waals surface area contributed by atoms with Crippen molar-refractivity contribution in [3.8, 4) is 11.5 Å². The van der Waals surface area contributed by atoms with E-state index in [9.17, 15) is 14.7 Å². The van der Waals surface area contributed by atoms with E-state index in [0.717, 1.165) is 45.4 Å². The number of rotatable bonds is 14. The van der Waals surface area contributed by atoms with E-state index >= 15 is 0 Å². The van der Waals surface area contributed by atoms with Gasteiger partial charge in [-0.05, 0) is 69.6 Å². The minimum absolute atomic E-state index is 0.0343. The summed E-state index contributed by atoms with van der Waals surface area (Å²) < 4.78 is 23.1. The number of fused-ring (bicyclic) bond motifs is 1. The van der Waals surface area contributed by atoms with Gasteiger partial charge in [0, 0.05) is 5.92 Å². The maximum Gasteiger partial charge on any atom is 0.407 e. The highest BCUT2D eigenvalue weighted by molar-refractivity contribution is 5.81. The van der Waals surface area contributed by atoms with Gasteiger partial charge in [0.1, 0.15) is 23.7 Å². The van der Waals surface area contributed by atoms with Gasteiger partial charge in [-0.15, -0.1) is 0 Å². The molecule has 2 N–H and O–H groups in total. The lowest BCUT2D eigenvalue weighted by atomic mass is 9.80. The van der Waals surface area contributed by atoms with Gasteiger partial charge in [-0.1, -0.05) is 112 Å². The van der Waals surface area contributed by atoms with Crippen molar-refractivity contribution in [1.29, 1.82) is 0 Å². The molecule has 0 bridgehead atoms. The number of alkyl carbamates (subject to hydrolysis) is 1. The lowest BCUT2D eigenvalue weighted by Gasteiger charge is -2.37. The molecule has 5 rings (SSSR count). The van der Waals surface area contributed by atoms with Crippen molar-refractivity contribution in [2.75, 3.05) is 27.4 Å². The molecule has 8 nitrogen and oxygen atoms in total. The third-order valence-corrected chi connectivity index (χ3v) is 8.57. The minimum atomic E-state index is -1.42. The molecule has 0 spiro atoms. The molecule has 1 aliphatic rings. The fourth-order valence-electron chi connectivity index (χ4n) is 6.25. The predicted octanol–water partition coefficient (Wildman–Crippen LogP) is 8.36. The van der Waals surface area contributed by atoms with Gasteiger partial charge in [-0.3, -0.25) is 0 Å². The SMILES string of the molecule is C=CC1=C(CC)c2ccccc2C1COC(=O)NC(COC(c1ccccc1)(c1ccc(OC)cc1)c1ccc(OC)cc1)C(=O)O.CC. The zero-order valence-corrected chi connectivity index (χ0v) is 28.8. The van der Waals surface area contributed by atoms with Crippen molar-refractivity contribution in [1.82, 2.24) is 5.32 Å². The third-order valence-electron chi connectivity index (χ3n) is 8.57. The summed E-state index contributed by atoms with van der Waals surface area (Å²) in [5.41, 5.74) is 5.31. The number of hydrogen-bond acceptors (Lipinski definition) is 6. The topological polar surface area (TPSA) is 103 Å². The molecule has 0 fully saturated rings. The Morgan fingerprint density at radius 3 is 1.88 bits per heavy atom. The maximum atomic E-state index is 13.1. The van der Waals surface area contributed by atoms with Crippen LogP contribution in [0.4, 0.5) is 4.79 Å². The Morgan fingerprint density at radius 2 is 1.37 bits per heavy atom. The largest absolute Gasteiger partial charge is 0.497 e. The van der Waals surface area contributed by atoms with E-state index in [0.29, 0.717) is 11.5 Å². The predicted molar refractivity (Wildman–Crippen MR) is 192 cm³/mol. The van der Waals surface area contributed by atoms with Crippen molar-refractivity contribution in [3.63, 3.8) is 0 Å². The number of amides is 1. The Labute approximate surface area is 289 Å². The second kappa shape index (κ2) is 17.2. The number of methoxy groups -OCH3 is 2. The van der Waals surface area contributed by atoms with Gasteiger partial charge in [0.2, 0.25) is 0 Å². The van der Waals surface area contributed by atoms with Crippen LogP contribution in [0.15, 0.2) is 121 Å². The van der Waals surface area contributed by atoms with Crippen molar-refractivity contribution in [2.24, 2.45) is 0 Å². The first-order valence-electron chi connectivity index (χ1n) is 16.5. The molecule has 4 aromatic carbocycles. The Morgan fingerprint density at radius 1 is 0.837 bits per heavy atom. The lowest BCUT2D eigenvalue weighted by molar-refractivity contribution is -0.142. The van der Waals surface area contributed by atoms with Gasteiger partial charge in [0.05, 0.1) is 20.8 Å². The van der Waals surface area contributed by atoms with E-state index < -0.39 is 23.7 Å². The molecule has 1 aliphatic carbocycles. The van der Waals surface area contributed by atoms with Crippen LogP contribution < -0.4 is 14.8 Å². The Hall–Kier alpha value is -5.34. The van der Waals surface area contributed by atoms with E-state index in [1.54, 1.807) is 20.3 Å². The van der Waals surface area contributed by atoms with Gasteiger partial charge >= 0.3 is 12.1 Å². The van der Waals surface area contributed by atoms with Gasteiger partial charge < -0.3 is 29.4 Å². The van der Waals surface area contributed by atoms with Gasteiger partial charge in [0.25, 0.3) is 0 Å². The Kier molecular flexibility index (Phi) is 12.8. The molecule has 8 heteroatoms. The number of benzene rings is 4. The molecular formula is C41H45NO7. The summed E-state index contributed by atoms with van der Waals surface area (Å²) in [5, 5.41) is 12.7. The highest BCUT2D eigenvalue weighted by Crippen LogP contribution is 2.44. The standard InChI is InChI=1S/C39H39NO7.C2H6/c1-5-31-32(6-2)35(34-15-11-10-14-33(31)34)24-46-38(43)40-36(37(41)42)25-47-39(26-12-8-7-9-13-26,27-16-20-29(44-3)21-17-27)28-18-22-30(45-4)23-19-28;1-2/h6-23,35-36H,2,5,24-25H2,1,3-4H3,(H,40,43)(H,41,42);1-2H3. The minimum Gasteiger partial charge on any atom is -0.497 e. The molecule has 2 unspecified atom stereocenters. The number of carbonyl (C=O) groups is 2. The molecule has 49 heavy (non-hydrogen) atoms. The summed E-state index contributed by atoms with van der Waals surface area (Å²) in [7, 11) is 3.18. The van der Waals surface area contributed by atoms with Crippen LogP contribution in [0.1, 0.15) is 60.9 Å². The lowest BCUT2D eigenvalue weighted by Crippen LogP contribution is -2.47. The third kappa shape index (κ3) is 7.87. The number of carbonyl (C=O) groups excluding carboxylic acids is 1. The average Bonchev–Trinajstić information content (AvgIpc) is 3.47. The van der Waals surface area contributed by atoms with Crippen molar-refractivity contribution >= 4 is 17.6 Å². The van der Waals surface area contributed by atoms with Crippen molar-refractivity contribution < 1.29 is 33.6 Å². The molecule has 256 valence electrons. The fraction of sp³-hybridized carbons (Fsp3) is 0.268. The quantitative estimate of drug-likeness (QED) is 0.131. The molecule has 0 heterocycles. The van der Waals surface area contributed by atoms with Gasteiger partial charge in [-0.25, -0.2) is 9.59 Å². The van der Waals surface area contributed by atoms with Gasteiger partial charge in [-0.2, -0.15) is 0 Å². The van der Waals surface area contributed by atoms with E-state index in [2.05, 4.69) is 24.9 Å². The Balaban J connectivity index is 0.00000265.